The van der Waals surface area contributed by atoms with Crippen LogP contribution in [-0.4, -0.2) is 73.0 Å². The number of carbonyl (C=O) groups excluding carboxylic acids is 3. The highest BCUT2D eigenvalue weighted by Gasteiger charge is 2.67. The maximum Gasteiger partial charge on any atom is 0.415 e. The Morgan fingerprint density at radius 1 is 1.07 bits per heavy atom. The molecule has 0 aliphatic heterocycles. The Labute approximate surface area is 362 Å². The van der Waals surface area contributed by atoms with Gasteiger partial charge in [-0.25, -0.2) is 4.79 Å². The highest BCUT2D eigenvalue weighted by atomic mass is 79.9. The number of hydrogen-bond donors (Lipinski definition) is 1. The highest BCUT2D eigenvalue weighted by Crippen LogP contribution is 2.60. The van der Waals surface area contributed by atoms with Crippen molar-refractivity contribution >= 4 is 58.4 Å². The number of halogens is 1. The standard InChI is InChI=1S/C47H56BrN3O8Si/c1-13-21-51(44(55)57-45(3,4)5)37-30-20-19-29(48)24-31(30)26(2)34-32(37)22-28-23-33-38(50(9)10)40-36(43(49-58-40)56-25-27-17-15-14-16-18-27)42(54)47(33,41(53)35(28)39(34)52)59-60(11,12)46(6,7)8/h13-20,24,28,33,38,53H,1,21-23,25H2,2-12H3/t28-,33-,38-,47-/m0/s1. The van der Waals surface area contributed by atoms with Gasteiger partial charge < -0.3 is 23.5 Å². The first-order chi connectivity index (χ1) is 28.0. The second kappa shape index (κ2) is 15.4. The number of hydrogen-bond acceptors (Lipinski definition) is 10. The molecule has 7 rings (SSSR count). The maximum absolute atomic E-state index is 15.7. The van der Waals surface area contributed by atoms with Gasteiger partial charge in [-0.1, -0.05) is 79.2 Å². The fraction of sp³-hybridized carbons (Fsp3) is 0.447. The zero-order valence-electron chi connectivity index (χ0n) is 36.5. The van der Waals surface area contributed by atoms with Gasteiger partial charge in [0, 0.05) is 33.5 Å². The Morgan fingerprint density at radius 3 is 2.37 bits per heavy atom. The van der Waals surface area contributed by atoms with E-state index >= 15 is 9.59 Å². The first kappa shape index (κ1) is 43.5. The summed E-state index contributed by atoms with van der Waals surface area (Å²) >= 11 is 3.62. The Morgan fingerprint density at radius 2 is 1.75 bits per heavy atom. The van der Waals surface area contributed by atoms with E-state index in [1.165, 1.54) is 0 Å². The van der Waals surface area contributed by atoms with Crippen LogP contribution in [-0.2, 0) is 22.2 Å². The third-order valence-corrected chi connectivity index (χ3v) is 17.6. The van der Waals surface area contributed by atoms with E-state index in [2.05, 4.69) is 48.4 Å². The number of aromatic nitrogens is 1. The lowest BCUT2D eigenvalue weighted by Crippen LogP contribution is -2.65. The summed E-state index contributed by atoms with van der Waals surface area (Å²) in [5, 5.41) is 18.6. The molecule has 13 heteroatoms. The number of ether oxygens (including phenoxy) is 2. The van der Waals surface area contributed by atoms with Crippen LogP contribution >= 0.6 is 15.9 Å². The molecule has 0 saturated carbocycles. The highest BCUT2D eigenvalue weighted by molar-refractivity contribution is 9.10. The van der Waals surface area contributed by atoms with Gasteiger partial charge in [-0.2, -0.15) is 0 Å². The molecule has 0 fully saturated rings. The molecule has 3 aliphatic rings. The predicted octanol–water partition coefficient (Wildman–Crippen LogP) is 10.9. The number of ketones is 2. The second-order valence-corrected chi connectivity index (χ2v) is 24.7. The van der Waals surface area contributed by atoms with Crippen LogP contribution in [0.15, 0.2) is 81.5 Å². The number of Topliss-reactive ketones (excluding diaryl/α,β-unsaturated/α-hetero) is 2. The molecule has 1 heterocycles. The quantitative estimate of drug-likeness (QED) is 0.128. The van der Waals surface area contributed by atoms with Crippen molar-refractivity contribution in [2.45, 2.75) is 103 Å². The van der Waals surface area contributed by atoms with Gasteiger partial charge in [-0.15, -0.1) is 6.58 Å². The molecule has 318 valence electrons. The summed E-state index contributed by atoms with van der Waals surface area (Å²) < 4.78 is 26.4. The van der Waals surface area contributed by atoms with Crippen LogP contribution in [0, 0.1) is 18.8 Å². The van der Waals surface area contributed by atoms with Crippen molar-refractivity contribution in [2.75, 3.05) is 25.5 Å². The molecule has 1 N–H and O–H groups in total. The summed E-state index contributed by atoms with van der Waals surface area (Å²) in [6.45, 7) is 21.8. The van der Waals surface area contributed by atoms with Gasteiger partial charge in [0.15, 0.2) is 25.5 Å². The summed E-state index contributed by atoms with van der Waals surface area (Å²) in [4.78, 5) is 48.9. The molecule has 0 bridgehead atoms. The number of nitrogens with zero attached hydrogens (tertiary/aromatic N) is 3. The van der Waals surface area contributed by atoms with E-state index in [0.29, 0.717) is 28.1 Å². The smallest absolute Gasteiger partial charge is 0.415 e. The van der Waals surface area contributed by atoms with Crippen molar-refractivity contribution in [2.24, 2.45) is 11.8 Å². The van der Waals surface area contributed by atoms with Crippen LogP contribution in [0.3, 0.4) is 0 Å². The van der Waals surface area contributed by atoms with Crippen molar-refractivity contribution in [3.05, 3.63) is 111 Å². The van der Waals surface area contributed by atoms with Crippen molar-refractivity contribution < 1.29 is 37.9 Å². The lowest BCUT2D eigenvalue weighted by atomic mass is 9.58. The van der Waals surface area contributed by atoms with Crippen molar-refractivity contribution in [1.29, 1.82) is 0 Å². The van der Waals surface area contributed by atoms with E-state index in [0.717, 1.165) is 20.8 Å². The minimum Gasteiger partial charge on any atom is -0.508 e. The van der Waals surface area contributed by atoms with E-state index in [-0.39, 0.29) is 53.8 Å². The third-order valence-electron chi connectivity index (χ3n) is 12.7. The molecular formula is C47H56BrN3O8Si. The lowest BCUT2D eigenvalue weighted by Gasteiger charge is -2.55. The van der Waals surface area contributed by atoms with E-state index in [1.807, 2.05) is 108 Å². The number of benzene rings is 3. The minimum absolute atomic E-state index is 0.00425. The summed E-state index contributed by atoms with van der Waals surface area (Å²) in [7, 11) is 0.863. The van der Waals surface area contributed by atoms with Crippen LogP contribution in [0.5, 0.6) is 5.88 Å². The zero-order valence-corrected chi connectivity index (χ0v) is 39.1. The fourth-order valence-corrected chi connectivity index (χ4v) is 10.9. The minimum atomic E-state index is -2.93. The zero-order chi connectivity index (χ0) is 43.9. The van der Waals surface area contributed by atoms with Gasteiger partial charge in [0.2, 0.25) is 5.78 Å². The topological polar surface area (TPSA) is 132 Å². The molecule has 3 aliphatic carbocycles. The van der Waals surface area contributed by atoms with E-state index < -0.39 is 55.1 Å². The number of aliphatic hydroxyl groups is 1. The van der Waals surface area contributed by atoms with Crippen LogP contribution in [0.1, 0.15) is 97.2 Å². The molecule has 1 amide bonds. The third kappa shape index (κ3) is 7.14. The number of fused-ring (bicyclic) bond motifs is 5. The molecule has 60 heavy (non-hydrogen) atoms. The molecule has 4 atom stereocenters. The summed E-state index contributed by atoms with van der Waals surface area (Å²) in [6, 6.07) is 14.7. The Kier molecular flexibility index (Phi) is 11.2. The van der Waals surface area contributed by atoms with Gasteiger partial charge in [0.05, 0.1) is 11.7 Å². The molecule has 11 nitrogen and oxygen atoms in total. The van der Waals surface area contributed by atoms with Gasteiger partial charge in [-0.3, -0.25) is 19.4 Å². The second-order valence-electron chi connectivity index (χ2n) is 19.1. The van der Waals surface area contributed by atoms with Crippen LogP contribution in [0.2, 0.25) is 18.1 Å². The fourth-order valence-electron chi connectivity index (χ4n) is 9.05. The Hall–Kier alpha value is -4.56. The normalized spacial score (nSPS) is 21.6. The lowest BCUT2D eigenvalue weighted by molar-refractivity contribution is -0.0480. The van der Waals surface area contributed by atoms with E-state index in [1.54, 1.807) is 11.0 Å². The monoisotopic (exact) mass is 897 g/mol. The van der Waals surface area contributed by atoms with E-state index in [4.69, 9.17) is 18.4 Å². The molecular weight excluding hydrogens is 843 g/mol. The van der Waals surface area contributed by atoms with Gasteiger partial charge >= 0.3 is 6.09 Å². The van der Waals surface area contributed by atoms with Crippen molar-refractivity contribution in [1.82, 2.24) is 10.1 Å². The first-order valence-electron chi connectivity index (χ1n) is 20.5. The average Bonchev–Trinajstić information content (AvgIpc) is 3.57. The average molecular weight is 899 g/mol. The van der Waals surface area contributed by atoms with Crippen LogP contribution < -0.4 is 9.64 Å². The van der Waals surface area contributed by atoms with E-state index in [9.17, 15) is 9.90 Å². The summed E-state index contributed by atoms with van der Waals surface area (Å²) in [5.74, 6) is -2.28. The number of carbonyl (C=O) groups is 3. The molecule has 0 saturated heterocycles. The summed E-state index contributed by atoms with van der Waals surface area (Å²) in [5.41, 5.74) is 0.629. The molecule has 0 radical (unpaired) electrons. The van der Waals surface area contributed by atoms with Crippen LogP contribution in [0.25, 0.3) is 10.8 Å². The van der Waals surface area contributed by atoms with Crippen molar-refractivity contribution in [3.63, 3.8) is 0 Å². The van der Waals surface area contributed by atoms with Gasteiger partial charge in [-0.05, 0) is 118 Å². The molecule has 4 aromatic rings. The Bertz CT molecular complexity index is 2440. The molecule has 0 unspecified atom stereocenters. The molecule has 1 aromatic heterocycles. The Balaban J connectivity index is 1.49. The van der Waals surface area contributed by atoms with Crippen LogP contribution in [0.4, 0.5) is 10.5 Å². The maximum atomic E-state index is 15.7. The predicted molar refractivity (Wildman–Crippen MR) is 238 cm³/mol. The van der Waals surface area contributed by atoms with Gasteiger partial charge in [0.25, 0.3) is 5.88 Å². The number of amides is 1. The number of aliphatic hydroxyl groups excluding tert-OH is 1. The van der Waals surface area contributed by atoms with Crippen molar-refractivity contribution in [3.8, 4) is 5.88 Å². The largest absolute Gasteiger partial charge is 0.508 e. The van der Waals surface area contributed by atoms with Gasteiger partial charge in [0.1, 0.15) is 23.5 Å². The number of rotatable bonds is 9. The number of aryl methyl sites for hydroxylation is 1. The SMILES string of the molecule is C=CCN(C(=O)OC(C)(C)C)c1c2c(c(C)c3cc(Br)ccc13)C(=O)C1=C(O)[C@]3(O[Si](C)(C)C(C)(C)C)C(=O)c4c(OCc5ccccc5)noc4[C@@H](N(C)C)[C@@H]3C[C@@H]1C2. The molecule has 3 aromatic carbocycles. The first-order valence-corrected chi connectivity index (χ1v) is 24.2. The number of anilines is 1. The molecule has 0 spiro atoms. The summed E-state index contributed by atoms with van der Waals surface area (Å²) in [6.07, 6.45) is 1.62. The number of allylic oxidation sites excluding steroid dienone is 1.